The Morgan fingerprint density at radius 1 is 1.55 bits per heavy atom. The van der Waals surface area contributed by atoms with Gasteiger partial charge in [-0.05, 0) is 30.7 Å². The maximum atomic E-state index is 12.3. The standard InChI is InChI=1S/C12H13ClN4O3/c1-7-14-11(16-15-7)9-6-17(4-5-19-9)12(18)8-2-3-10(13)20-8/h2-3,9H,4-6H2,1H3,(H,14,15,16)/t9-/m1/s1. The number of aromatic nitrogens is 3. The van der Waals surface area contributed by atoms with E-state index >= 15 is 0 Å². The van der Waals surface area contributed by atoms with Gasteiger partial charge in [-0.1, -0.05) is 0 Å². The van der Waals surface area contributed by atoms with E-state index in [1.165, 1.54) is 0 Å². The number of carbonyl (C=O) groups excluding carboxylic acids is 1. The van der Waals surface area contributed by atoms with Crippen LogP contribution in [0.15, 0.2) is 16.5 Å². The van der Waals surface area contributed by atoms with Crippen LogP contribution in [-0.2, 0) is 4.74 Å². The Labute approximate surface area is 119 Å². The number of aromatic amines is 1. The van der Waals surface area contributed by atoms with Crippen molar-refractivity contribution in [3.05, 3.63) is 34.8 Å². The quantitative estimate of drug-likeness (QED) is 0.909. The van der Waals surface area contributed by atoms with Gasteiger partial charge in [0.2, 0.25) is 0 Å². The molecule has 8 heteroatoms. The summed E-state index contributed by atoms with van der Waals surface area (Å²) in [5.41, 5.74) is 0. The average Bonchev–Trinajstić information content (AvgIpc) is 3.07. The lowest BCUT2D eigenvalue weighted by molar-refractivity contribution is -0.0275. The first-order valence-corrected chi connectivity index (χ1v) is 6.56. The van der Waals surface area contributed by atoms with Crippen molar-refractivity contribution in [1.82, 2.24) is 20.1 Å². The predicted octanol–water partition coefficient (Wildman–Crippen LogP) is 1.57. The number of furan rings is 1. The van der Waals surface area contributed by atoms with Crippen LogP contribution in [-0.4, -0.2) is 45.7 Å². The number of amides is 1. The molecule has 0 radical (unpaired) electrons. The maximum Gasteiger partial charge on any atom is 0.289 e. The molecule has 1 aliphatic heterocycles. The molecule has 0 aromatic carbocycles. The summed E-state index contributed by atoms with van der Waals surface area (Å²) in [6.07, 6.45) is -0.330. The number of nitrogens with one attached hydrogen (secondary N) is 1. The van der Waals surface area contributed by atoms with Crippen LogP contribution in [0.4, 0.5) is 0 Å². The van der Waals surface area contributed by atoms with Crippen LogP contribution in [0.3, 0.4) is 0 Å². The number of H-pyrrole nitrogens is 1. The molecular weight excluding hydrogens is 284 g/mol. The van der Waals surface area contributed by atoms with E-state index in [9.17, 15) is 4.79 Å². The van der Waals surface area contributed by atoms with Crippen LogP contribution in [0.25, 0.3) is 0 Å². The van der Waals surface area contributed by atoms with E-state index in [0.29, 0.717) is 31.3 Å². The van der Waals surface area contributed by atoms with Gasteiger partial charge in [-0.15, -0.1) is 0 Å². The molecule has 1 aliphatic rings. The first-order valence-electron chi connectivity index (χ1n) is 6.18. The third-order valence-corrected chi connectivity index (χ3v) is 3.24. The smallest absolute Gasteiger partial charge is 0.289 e. The second-order valence-electron chi connectivity index (χ2n) is 4.49. The first kappa shape index (κ1) is 13.1. The Bertz CT molecular complexity index is 624. The zero-order valence-electron chi connectivity index (χ0n) is 10.8. The minimum Gasteiger partial charge on any atom is -0.440 e. The van der Waals surface area contributed by atoms with Gasteiger partial charge in [0.1, 0.15) is 11.9 Å². The van der Waals surface area contributed by atoms with Gasteiger partial charge in [0.15, 0.2) is 16.8 Å². The van der Waals surface area contributed by atoms with Crippen molar-refractivity contribution in [3.8, 4) is 0 Å². The maximum absolute atomic E-state index is 12.3. The van der Waals surface area contributed by atoms with Gasteiger partial charge in [-0.2, -0.15) is 5.10 Å². The van der Waals surface area contributed by atoms with Gasteiger partial charge >= 0.3 is 0 Å². The number of morpholine rings is 1. The summed E-state index contributed by atoms with van der Waals surface area (Å²) in [5, 5.41) is 7.03. The number of halogens is 1. The molecule has 7 nitrogen and oxygen atoms in total. The fourth-order valence-electron chi connectivity index (χ4n) is 2.08. The number of ether oxygens (including phenoxy) is 1. The number of carbonyl (C=O) groups is 1. The van der Waals surface area contributed by atoms with Crippen molar-refractivity contribution >= 4 is 17.5 Å². The summed E-state index contributed by atoms with van der Waals surface area (Å²) in [4.78, 5) is 18.1. The van der Waals surface area contributed by atoms with Crippen molar-refractivity contribution in [1.29, 1.82) is 0 Å². The zero-order chi connectivity index (χ0) is 14.1. The highest BCUT2D eigenvalue weighted by Crippen LogP contribution is 2.22. The predicted molar refractivity (Wildman–Crippen MR) is 69.4 cm³/mol. The van der Waals surface area contributed by atoms with Crippen LogP contribution >= 0.6 is 11.6 Å². The second kappa shape index (κ2) is 5.26. The number of aryl methyl sites for hydroxylation is 1. The van der Waals surface area contributed by atoms with Crippen molar-refractivity contribution in [2.75, 3.05) is 19.7 Å². The number of nitrogens with zero attached hydrogens (tertiary/aromatic N) is 3. The Kier molecular flexibility index (Phi) is 3.45. The van der Waals surface area contributed by atoms with Gasteiger partial charge in [-0.3, -0.25) is 9.89 Å². The second-order valence-corrected chi connectivity index (χ2v) is 4.87. The molecule has 0 aliphatic carbocycles. The van der Waals surface area contributed by atoms with E-state index in [-0.39, 0.29) is 23.0 Å². The van der Waals surface area contributed by atoms with E-state index < -0.39 is 0 Å². The molecule has 3 rings (SSSR count). The Morgan fingerprint density at radius 2 is 2.40 bits per heavy atom. The van der Waals surface area contributed by atoms with E-state index in [1.807, 2.05) is 6.92 Å². The summed E-state index contributed by atoms with van der Waals surface area (Å²) >= 11 is 5.68. The van der Waals surface area contributed by atoms with Crippen LogP contribution in [0.2, 0.25) is 5.22 Å². The van der Waals surface area contributed by atoms with Crippen molar-refractivity contribution in [2.24, 2.45) is 0 Å². The van der Waals surface area contributed by atoms with Crippen molar-refractivity contribution in [2.45, 2.75) is 13.0 Å². The van der Waals surface area contributed by atoms with Crippen molar-refractivity contribution < 1.29 is 13.9 Å². The molecule has 2 aromatic rings. The van der Waals surface area contributed by atoms with Crippen LogP contribution < -0.4 is 0 Å². The molecule has 1 N–H and O–H groups in total. The lowest BCUT2D eigenvalue weighted by atomic mass is 10.2. The minimum absolute atomic E-state index is 0.197. The Hall–Kier alpha value is -1.86. The van der Waals surface area contributed by atoms with Crippen LogP contribution in [0, 0.1) is 6.92 Å². The largest absolute Gasteiger partial charge is 0.440 e. The minimum atomic E-state index is -0.330. The first-order chi connectivity index (χ1) is 9.63. The zero-order valence-corrected chi connectivity index (χ0v) is 11.6. The molecule has 1 saturated heterocycles. The lowest BCUT2D eigenvalue weighted by Gasteiger charge is -2.30. The highest BCUT2D eigenvalue weighted by molar-refractivity contribution is 6.29. The number of rotatable bonds is 2. The number of hydrogen-bond acceptors (Lipinski definition) is 5. The summed E-state index contributed by atoms with van der Waals surface area (Å²) in [5.74, 6) is 1.28. The molecule has 0 saturated carbocycles. The summed E-state index contributed by atoms with van der Waals surface area (Å²) < 4.78 is 10.7. The van der Waals surface area contributed by atoms with E-state index in [2.05, 4.69) is 15.2 Å². The fourth-order valence-corrected chi connectivity index (χ4v) is 2.23. The van der Waals surface area contributed by atoms with Crippen LogP contribution in [0.5, 0.6) is 0 Å². The third kappa shape index (κ3) is 2.54. The molecule has 0 bridgehead atoms. The molecular formula is C12H13ClN4O3. The average molecular weight is 297 g/mol. The van der Waals surface area contributed by atoms with Crippen LogP contribution in [0.1, 0.15) is 28.3 Å². The van der Waals surface area contributed by atoms with Gasteiger partial charge in [0.25, 0.3) is 5.91 Å². The molecule has 1 atom stereocenters. The van der Waals surface area contributed by atoms with E-state index in [1.54, 1.807) is 17.0 Å². The summed E-state index contributed by atoms with van der Waals surface area (Å²) in [6, 6.07) is 3.11. The molecule has 0 spiro atoms. The highest BCUT2D eigenvalue weighted by atomic mass is 35.5. The Morgan fingerprint density at radius 3 is 3.05 bits per heavy atom. The topological polar surface area (TPSA) is 84.2 Å². The van der Waals surface area contributed by atoms with Gasteiger partial charge < -0.3 is 14.1 Å². The van der Waals surface area contributed by atoms with E-state index in [0.717, 1.165) is 0 Å². The highest BCUT2D eigenvalue weighted by Gasteiger charge is 2.29. The molecule has 20 heavy (non-hydrogen) atoms. The SMILES string of the molecule is Cc1nc([C@H]2CN(C(=O)c3ccc(Cl)o3)CCO2)n[nH]1. The lowest BCUT2D eigenvalue weighted by Crippen LogP contribution is -2.42. The molecule has 106 valence electrons. The summed E-state index contributed by atoms with van der Waals surface area (Å²) in [6.45, 7) is 3.12. The molecule has 1 fully saturated rings. The Balaban J connectivity index is 1.73. The molecule has 1 amide bonds. The molecule has 0 unspecified atom stereocenters. The van der Waals surface area contributed by atoms with Crippen molar-refractivity contribution in [3.63, 3.8) is 0 Å². The van der Waals surface area contributed by atoms with Gasteiger partial charge in [-0.25, -0.2) is 4.98 Å². The summed E-state index contributed by atoms with van der Waals surface area (Å²) in [7, 11) is 0. The molecule has 3 heterocycles. The molecule has 2 aromatic heterocycles. The van der Waals surface area contributed by atoms with Gasteiger partial charge in [0, 0.05) is 6.54 Å². The monoisotopic (exact) mass is 296 g/mol. The van der Waals surface area contributed by atoms with Gasteiger partial charge in [0.05, 0.1) is 13.2 Å². The third-order valence-electron chi connectivity index (χ3n) is 3.04. The fraction of sp³-hybridized carbons (Fsp3) is 0.417. The van der Waals surface area contributed by atoms with E-state index in [4.69, 9.17) is 20.8 Å². The number of hydrogen-bond donors (Lipinski definition) is 1. The normalized spacial score (nSPS) is 19.3.